The Morgan fingerprint density at radius 2 is 1.41 bits per heavy atom. The number of amides is 1. The van der Waals surface area contributed by atoms with E-state index in [0.717, 1.165) is 17.5 Å². The fourth-order valence-electron chi connectivity index (χ4n) is 3.59. The summed E-state index contributed by atoms with van der Waals surface area (Å²) in [7, 11) is 0. The summed E-state index contributed by atoms with van der Waals surface area (Å²) < 4.78 is 5.53. The van der Waals surface area contributed by atoms with Crippen molar-refractivity contribution in [2.24, 2.45) is 5.92 Å². The number of likely N-dealkylation sites (tertiary alicyclic amines) is 1. The third kappa shape index (κ3) is 4.91. The van der Waals surface area contributed by atoms with Gasteiger partial charge in [-0.05, 0) is 35.2 Å². The van der Waals surface area contributed by atoms with E-state index in [1.54, 1.807) is 4.90 Å². The molecule has 0 aromatic heterocycles. The highest BCUT2D eigenvalue weighted by molar-refractivity contribution is 5.87. The zero-order valence-corrected chi connectivity index (χ0v) is 16.2. The van der Waals surface area contributed by atoms with Gasteiger partial charge in [-0.1, -0.05) is 72.8 Å². The number of ether oxygens (including phenoxy) is 1. The first-order chi connectivity index (χ1) is 14.2. The molecule has 1 atom stereocenters. The fourth-order valence-corrected chi connectivity index (χ4v) is 3.59. The lowest BCUT2D eigenvalue weighted by Gasteiger charge is -2.16. The Kier molecular flexibility index (Phi) is 5.71. The summed E-state index contributed by atoms with van der Waals surface area (Å²) in [4.78, 5) is 26.5. The number of nitrogens with zero attached hydrogens (tertiary/aromatic N) is 1. The van der Waals surface area contributed by atoms with E-state index in [2.05, 4.69) is 12.1 Å². The smallest absolute Gasteiger partial charge is 0.316 e. The van der Waals surface area contributed by atoms with Gasteiger partial charge in [-0.2, -0.15) is 0 Å². The van der Waals surface area contributed by atoms with Crippen molar-refractivity contribution in [3.05, 3.63) is 102 Å². The minimum absolute atomic E-state index is 0.00554. The van der Waals surface area contributed by atoms with E-state index in [1.807, 2.05) is 72.8 Å². The van der Waals surface area contributed by atoms with Crippen LogP contribution in [0, 0.1) is 5.92 Å². The van der Waals surface area contributed by atoms with Gasteiger partial charge in [-0.25, -0.2) is 0 Å². The van der Waals surface area contributed by atoms with E-state index in [4.69, 9.17) is 4.74 Å². The third-order valence-corrected chi connectivity index (χ3v) is 5.16. The molecule has 146 valence electrons. The van der Waals surface area contributed by atoms with Gasteiger partial charge in [0.1, 0.15) is 5.75 Å². The number of hydrogen-bond donors (Lipinski definition) is 0. The molecule has 0 radical (unpaired) electrons. The van der Waals surface area contributed by atoms with Gasteiger partial charge >= 0.3 is 5.97 Å². The van der Waals surface area contributed by atoms with Gasteiger partial charge in [0.15, 0.2) is 0 Å². The number of esters is 1. The Morgan fingerprint density at radius 3 is 2.07 bits per heavy atom. The quantitative estimate of drug-likeness (QED) is 0.471. The number of benzene rings is 3. The molecule has 4 nitrogen and oxygen atoms in total. The maximum atomic E-state index is 12.5. The third-order valence-electron chi connectivity index (χ3n) is 5.16. The van der Waals surface area contributed by atoms with E-state index in [0.29, 0.717) is 18.8 Å². The predicted molar refractivity (Wildman–Crippen MR) is 111 cm³/mol. The first kappa shape index (κ1) is 18.9. The molecule has 4 rings (SSSR count). The molecule has 1 saturated heterocycles. The van der Waals surface area contributed by atoms with Gasteiger partial charge in [0.05, 0.1) is 5.92 Å². The van der Waals surface area contributed by atoms with Crippen LogP contribution in [0.4, 0.5) is 0 Å². The van der Waals surface area contributed by atoms with Crippen LogP contribution in [0.5, 0.6) is 5.75 Å². The first-order valence-electron chi connectivity index (χ1n) is 9.83. The molecule has 0 bridgehead atoms. The largest absolute Gasteiger partial charge is 0.426 e. The summed E-state index contributed by atoms with van der Waals surface area (Å²) in [5.74, 6) is -0.255. The molecule has 1 fully saturated rings. The minimum atomic E-state index is -0.421. The van der Waals surface area contributed by atoms with Crippen molar-refractivity contribution in [1.82, 2.24) is 4.90 Å². The molecule has 1 aliphatic heterocycles. The van der Waals surface area contributed by atoms with Crippen LogP contribution in [-0.2, 0) is 22.6 Å². The van der Waals surface area contributed by atoms with Gasteiger partial charge < -0.3 is 9.64 Å². The van der Waals surface area contributed by atoms with Crippen LogP contribution in [0.25, 0.3) is 0 Å². The van der Waals surface area contributed by atoms with Gasteiger partial charge in [0.2, 0.25) is 5.91 Å². The SMILES string of the molecule is O=C(Oc1ccc(Cc2ccccc2)cc1)[C@@H]1CC(=O)N(Cc2ccccc2)C1. The van der Waals surface area contributed by atoms with Crippen molar-refractivity contribution in [1.29, 1.82) is 0 Å². The lowest BCUT2D eigenvalue weighted by atomic mass is 10.1. The van der Waals surface area contributed by atoms with E-state index in [1.165, 1.54) is 5.56 Å². The molecule has 1 heterocycles. The van der Waals surface area contributed by atoms with Gasteiger partial charge in [-0.15, -0.1) is 0 Å². The van der Waals surface area contributed by atoms with E-state index < -0.39 is 5.92 Å². The highest BCUT2D eigenvalue weighted by Gasteiger charge is 2.35. The summed E-state index contributed by atoms with van der Waals surface area (Å²) in [5, 5.41) is 0. The van der Waals surface area contributed by atoms with Crippen LogP contribution in [0.15, 0.2) is 84.9 Å². The van der Waals surface area contributed by atoms with Crippen LogP contribution in [0.1, 0.15) is 23.1 Å². The fraction of sp³-hybridized carbons (Fsp3) is 0.200. The molecule has 3 aromatic rings. The molecule has 1 aliphatic rings. The van der Waals surface area contributed by atoms with Crippen LogP contribution in [0.2, 0.25) is 0 Å². The molecular formula is C25H23NO3. The van der Waals surface area contributed by atoms with Crippen molar-refractivity contribution < 1.29 is 14.3 Å². The maximum Gasteiger partial charge on any atom is 0.316 e. The summed E-state index contributed by atoms with van der Waals surface area (Å²) in [6.45, 7) is 0.927. The van der Waals surface area contributed by atoms with Crippen LogP contribution >= 0.6 is 0 Å². The Hall–Kier alpha value is -3.40. The Labute approximate surface area is 170 Å². The maximum absolute atomic E-state index is 12.5. The van der Waals surface area contributed by atoms with Gasteiger partial charge in [0, 0.05) is 19.5 Å². The second-order valence-electron chi connectivity index (χ2n) is 7.39. The summed E-state index contributed by atoms with van der Waals surface area (Å²) >= 11 is 0. The topological polar surface area (TPSA) is 46.6 Å². The monoisotopic (exact) mass is 385 g/mol. The number of carbonyl (C=O) groups excluding carboxylic acids is 2. The molecule has 0 spiro atoms. The average Bonchev–Trinajstić information content (AvgIpc) is 3.11. The van der Waals surface area contributed by atoms with Gasteiger partial charge in [-0.3, -0.25) is 9.59 Å². The molecule has 1 amide bonds. The summed E-state index contributed by atoms with van der Waals surface area (Å²) in [5.41, 5.74) is 3.45. The first-order valence-corrected chi connectivity index (χ1v) is 9.83. The summed E-state index contributed by atoms with van der Waals surface area (Å²) in [6.07, 6.45) is 1.04. The molecule has 0 saturated carbocycles. The molecule has 0 aliphatic carbocycles. The van der Waals surface area contributed by atoms with E-state index in [9.17, 15) is 9.59 Å². The average molecular weight is 385 g/mol. The van der Waals surface area contributed by atoms with E-state index in [-0.39, 0.29) is 18.3 Å². The van der Waals surface area contributed by atoms with Crippen molar-refractivity contribution in [3.63, 3.8) is 0 Å². The van der Waals surface area contributed by atoms with Crippen LogP contribution in [0.3, 0.4) is 0 Å². The normalized spacial score (nSPS) is 16.1. The Bertz CT molecular complexity index is 968. The van der Waals surface area contributed by atoms with Gasteiger partial charge in [0.25, 0.3) is 0 Å². The van der Waals surface area contributed by atoms with Crippen molar-refractivity contribution in [2.75, 3.05) is 6.54 Å². The molecule has 0 N–H and O–H groups in total. The number of rotatable bonds is 6. The summed E-state index contributed by atoms with van der Waals surface area (Å²) in [6, 6.07) is 27.6. The molecule has 4 heteroatoms. The lowest BCUT2D eigenvalue weighted by molar-refractivity contribution is -0.139. The molecule has 0 unspecified atom stereocenters. The highest BCUT2D eigenvalue weighted by Crippen LogP contribution is 2.23. The Morgan fingerprint density at radius 1 is 0.828 bits per heavy atom. The zero-order chi connectivity index (χ0) is 20.1. The second-order valence-corrected chi connectivity index (χ2v) is 7.39. The lowest BCUT2D eigenvalue weighted by Crippen LogP contribution is -2.27. The number of hydrogen-bond acceptors (Lipinski definition) is 3. The van der Waals surface area contributed by atoms with E-state index >= 15 is 0 Å². The number of carbonyl (C=O) groups is 2. The molecule has 3 aromatic carbocycles. The van der Waals surface area contributed by atoms with Crippen LogP contribution in [-0.4, -0.2) is 23.3 Å². The van der Waals surface area contributed by atoms with Crippen molar-refractivity contribution in [3.8, 4) is 5.75 Å². The van der Waals surface area contributed by atoms with Crippen molar-refractivity contribution in [2.45, 2.75) is 19.4 Å². The predicted octanol–water partition coefficient (Wildman–Crippen LogP) is 4.23. The standard InChI is InChI=1S/C25H23NO3/c27-24-16-22(18-26(24)17-21-9-5-2-6-10-21)25(28)29-23-13-11-20(12-14-23)15-19-7-3-1-4-8-19/h1-14,22H,15-18H2/t22-/m1/s1. The zero-order valence-electron chi connectivity index (χ0n) is 16.2. The second kappa shape index (κ2) is 8.74. The molecular weight excluding hydrogens is 362 g/mol. The highest BCUT2D eigenvalue weighted by atomic mass is 16.5. The minimum Gasteiger partial charge on any atom is -0.426 e. The van der Waals surface area contributed by atoms with Crippen molar-refractivity contribution >= 4 is 11.9 Å². The Balaban J connectivity index is 1.33. The van der Waals surface area contributed by atoms with Crippen LogP contribution < -0.4 is 4.74 Å². The molecule has 29 heavy (non-hydrogen) atoms.